The van der Waals surface area contributed by atoms with Gasteiger partial charge in [0.05, 0.1) is 0 Å². The summed E-state index contributed by atoms with van der Waals surface area (Å²) in [5.74, 6) is -5.76. The highest BCUT2D eigenvalue weighted by atomic mass is 19.4. The first kappa shape index (κ1) is 35.7. The van der Waals surface area contributed by atoms with Crippen LogP contribution in [0.4, 0.5) is 62.3 Å². The van der Waals surface area contributed by atoms with Crippen LogP contribution in [0.25, 0.3) is 0 Å². The van der Waals surface area contributed by atoms with E-state index in [0.717, 1.165) is 41.5 Å². The summed E-state index contributed by atoms with van der Waals surface area (Å²) in [5.41, 5.74) is -13.9. The van der Waals surface area contributed by atoms with Gasteiger partial charge in [-0.3, -0.25) is 0 Å². The fourth-order valence-corrected chi connectivity index (χ4v) is 4.36. The molecule has 1 aliphatic rings. The highest BCUT2D eigenvalue weighted by molar-refractivity contribution is 5.62. The van der Waals surface area contributed by atoms with Crippen LogP contribution >= 0.6 is 0 Å². The molecule has 40 heavy (non-hydrogen) atoms. The fourth-order valence-electron chi connectivity index (χ4n) is 4.36. The van der Waals surface area contributed by atoms with Crippen LogP contribution in [0.15, 0.2) is 0 Å². The predicted octanol–water partition coefficient (Wildman–Crippen LogP) is 8.42. The van der Waals surface area contributed by atoms with Crippen molar-refractivity contribution in [1.29, 1.82) is 0 Å². The van der Waals surface area contributed by atoms with E-state index in [-0.39, 0.29) is 0 Å². The Morgan fingerprint density at radius 3 is 0.800 bits per heavy atom. The molecule has 0 bridgehead atoms. The smallest absolute Gasteiger partial charge is 0.429 e. The number of halogens is 12. The van der Waals surface area contributed by atoms with Gasteiger partial charge < -0.3 is 18.9 Å². The van der Waals surface area contributed by atoms with E-state index in [1.807, 2.05) is 0 Å². The molecule has 0 aromatic heterocycles. The molecule has 18 heteroatoms. The zero-order chi connectivity index (χ0) is 32.0. The van der Waals surface area contributed by atoms with Crippen LogP contribution < -0.4 is 0 Å². The Labute approximate surface area is 220 Å². The summed E-state index contributed by atoms with van der Waals surface area (Å²) in [7, 11) is 0. The van der Waals surface area contributed by atoms with Crippen molar-refractivity contribution in [2.45, 2.75) is 114 Å². The molecule has 0 atom stereocenters. The van der Waals surface area contributed by atoms with Gasteiger partial charge in [0.2, 0.25) is 0 Å². The molecule has 0 aromatic rings. The maximum absolute atomic E-state index is 14.0. The lowest BCUT2D eigenvalue weighted by molar-refractivity contribution is -0.399. The first-order chi connectivity index (χ1) is 17.4. The highest BCUT2D eigenvalue weighted by Gasteiger charge is 2.81. The van der Waals surface area contributed by atoms with Crippen molar-refractivity contribution in [3.8, 4) is 0 Å². The van der Waals surface area contributed by atoms with E-state index in [1.165, 1.54) is 0 Å². The van der Waals surface area contributed by atoms with E-state index in [2.05, 4.69) is 18.9 Å². The Bertz CT molecular complexity index is 796. The average molecular weight is 616 g/mol. The molecule has 6 nitrogen and oxygen atoms in total. The van der Waals surface area contributed by atoms with Gasteiger partial charge in [-0.05, 0) is 67.2 Å². The van der Waals surface area contributed by atoms with E-state index in [0.29, 0.717) is 0 Å². The minimum atomic E-state index is -6.42. The number of hydrogen-bond acceptors (Lipinski definition) is 6. The van der Waals surface area contributed by atoms with Crippen LogP contribution in [0, 0.1) is 11.8 Å². The van der Waals surface area contributed by atoms with Crippen LogP contribution in [0.3, 0.4) is 0 Å². The molecule has 0 spiro atoms. The number of rotatable bonds is 4. The molecule has 1 fully saturated rings. The summed E-state index contributed by atoms with van der Waals surface area (Å²) in [6.45, 7) is 6.51. The van der Waals surface area contributed by atoms with Crippen molar-refractivity contribution < 1.29 is 81.2 Å². The zero-order valence-corrected chi connectivity index (χ0v) is 22.0. The molecular formula is C22H28F12O6. The molecule has 1 rings (SSSR count). The molecule has 1 saturated carbocycles. The molecule has 0 N–H and O–H groups in total. The predicted molar refractivity (Wildman–Crippen MR) is 110 cm³/mol. The number of ether oxygens (including phenoxy) is 4. The van der Waals surface area contributed by atoms with Crippen molar-refractivity contribution in [1.82, 2.24) is 0 Å². The molecule has 0 radical (unpaired) electrons. The average Bonchev–Trinajstić information content (AvgIpc) is 2.64. The minimum absolute atomic E-state index is 1.08. The SMILES string of the molecule is CC(C)(C)OC(=O)OC(C1CCC(C(OC(=O)OC(C)(C)C)(C(F)(F)F)C(F)(F)F)CC1)(C(F)(F)F)C(F)(F)F. The van der Waals surface area contributed by atoms with Crippen LogP contribution in [-0.2, 0) is 18.9 Å². The molecule has 0 heterocycles. The van der Waals surface area contributed by atoms with E-state index in [4.69, 9.17) is 0 Å². The number of alkyl halides is 12. The lowest BCUT2D eigenvalue weighted by Crippen LogP contribution is -2.67. The topological polar surface area (TPSA) is 71.1 Å². The van der Waals surface area contributed by atoms with E-state index < -0.39 is 96.9 Å². The van der Waals surface area contributed by atoms with Crippen LogP contribution in [0.2, 0.25) is 0 Å². The van der Waals surface area contributed by atoms with Gasteiger partial charge in [0.1, 0.15) is 11.2 Å². The second kappa shape index (κ2) is 10.8. The van der Waals surface area contributed by atoms with Gasteiger partial charge in [-0.2, -0.15) is 52.7 Å². The molecule has 0 aromatic carbocycles. The second-order valence-corrected chi connectivity index (χ2v) is 11.1. The van der Waals surface area contributed by atoms with Gasteiger partial charge in [0.25, 0.3) is 0 Å². The van der Waals surface area contributed by atoms with Crippen LogP contribution in [0.1, 0.15) is 67.2 Å². The first-order valence-corrected chi connectivity index (χ1v) is 11.5. The van der Waals surface area contributed by atoms with Crippen molar-refractivity contribution >= 4 is 12.3 Å². The third-order valence-electron chi connectivity index (χ3n) is 5.83. The maximum Gasteiger partial charge on any atom is 0.510 e. The van der Waals surface area contributed by atoms with Crippen molar-refractivity contribution in [3.05, 3.63) is 0 Å². The molecule has 236 valence electrons. The summed E-state index contributed by atoms with van der Waals surface area (Å²) >= 11 is 0. The largest absolute Gasteiger partial charge is 0.510 e. The lowest BCUT2D eigenvalue weighted by Gasteiger charge is -2.48. The standard InChI is InChI=1S/C22H28F12O6/c1-15(2,3)37-13(35)39-17(19(23,24)25,20(26,27)28)11-7-9-12(10-8-11)18(21(29,30)31,22(32,33)34)40-14(36)38-16(4,5)6/h11-12H,7-10H2,1-6H3. The monoisotopic (exact) mass is 616 g/mol. The third kappa shape index (κ3) is 7.50. The van der Waals surface area contributed by atoms with E-state index in [1.54, 1.807) is 0 Å². The Morgan fingerprint density at radius 2 is 0.650 bits per heavy atom. The zero-order valence-electron chi connectivity index (χ0n) is 22.0. The Kier molecular flexibility index (Phi) is 9.68. The Morgan fingerprint density at radius 1 is 0.450 bits per heavy atom. The van der Waals surface area contributed by atoms with Crippen LogP contribution in [0.5, 0.6) is 0 Å². The number of hydrogen-bond donors (Lipinski definition) is 0. The Hall–Kier alpha value is -2.30. The lowest BCUT2D eigenvalue weighted by atomic mass is 9.67. The van der Waals surface area contributed by atoms with E-state index >= 15 is 0 Å². The second-order valence-electron chi connectivity index (χ2n) is 11.1. The van der Waals surface area contributed by atoms with Crippen molar-refractivity contribution in [2.75, 3.05) is 0 Å². The normalized spacial score (nSPS) is 20.6. The molecule has 0 saturated heterocycles. The highest BCUT2D eigenvalue weighted by Crippen LogP contribution is 2.59. The van der Waals surface area contributed by atoms with Crippen molar-refractivity contribution in [2.24, 2.45) is 11.8 Å². The van der Waals surface area contributed by atoms with Gasteiger partial charge in [0.15, 0.2) is 0 Å². The van der Waals surface area contributed by atoms with Crippen LogP contribution in [-0.4, -0.2) is 59.4 Å². The minimum Gasteiger partial charge on any atom is -0.429 e. The van der Waals surface area contributed by atoms with Gasteiger partial charge in [-0.25, -0.2) is 9.59 Å². The molecule has 1 aliphatic carbocycles. The summed E-state index contributed by atoms with van der Waals surface area (Å²) in [6, 6.07) is 0. The van der Waals surface area contributed by atoms with Gasteiger partial charge in [-0.15, -0.1) is 0 Å². The quantitative estimate of drug-likeness (QED) is 0.233. The van der Waals surface area contributed by atoms with Gasteiger partial charge in [-0.1, -0.05) is 0 Å². The molecule has 0 unspecified atom stereocenters. The summed E-state index contributed by atoms with van der Waals surface area (Å²) in [6.07, 6.45) is -36.9. The summed E-state index contributed by atoms with van der Waals surface area (Å²) in [5, 5.41) is 0. The van der Waals surface area contributed by atoms with E-state index in [9.17, 15) is 62.3 Å². The molecule has 0 amide bonds. The number of carbonyl (C=O) groups excluding carboxylic acids is 2. The van der Waals surface area contributed by atoms with Gasteiger partial charge >= 0.3 is 48.2 Å². The first-order valence-electron chi connectivity index (χ1n) is 11.5. The molecular weight excluding hydrogens is 588 g/mol. The summed E-state index contributed by atoms with van der Waals surface area (Å²) in [4.78, 5) is 23.8. The fraction of sp³-hybridized carbons (Fsp3) is 0.909. The number of carbonyl (C=O) groups is 2. The van der Waals surface area contributed by atoms with Crippen molar-refractivity contribution in [3.63, 3.8) is 0 Å². The Balaban J connectivity index is 3.57. The molecule has 0 aliphatic heterocycles. The maximum atomic E-state index is 14.0. The summed E-state index contributed by atoms with van der Waals surface area (Å²) < 4.78 is 184. The third-order valence-corrected chi connectivity index (χ3v) is 5.83. The van der Waals surface area contributed by atoms with Gasteiger partial charge in [0, 0.05) is 11.8 Å².